The van der Waals surface area contributed by atoms with Gasteiger partial charge in [0, 0.05) is 0 Å². The highest BCUT2D eigenvalue weighted by Crippen LogP contribution is 2.29. The predicted octanol–water partition coefficient (Wildman–Crippen LogP) is 2.94. The van der Waals surface area contributed by atoms with Crippen molar-refractivity contribution in [2.24, 2.45) is 5.73 Å². The van der Waals surface area contributed by atoms with Crippen LogP contribution in [0.3, 0.4) is 0 Å². The molecule has 0 spiro atoms. The maximum absolute atomic E-state index is 13.2. The lowest BCUT2D eigenvalue weighted by atomic mass is 10.2. The summed E-state index contributed by atoms with van der Waals surface area (Å²) in [7, 11) is 0. The number of hydrogen-bond acceptors (Lipinski definition) is 4. The van der Waals surface area contributed by atoms with Crippen LogP contribution in [0.2, 0.25) is 5.02 Å². The van der Waals surface area contributed by atoms with Crippen LogP contribution in [-0.4, -0.2) is 10.2 Å². The van der Waals surface area contributed by atoms with Crippen molar-refractivity contribution < 1.29 is 8.81 Å². The molecule has 1 atom stereocenters. The fraction of sp³-hybridized carbons (Fsp3) is 0.273. The molecule has 0 radical (unpaired) electrons. The van der Waals surface area contributed by atoms with Crippen molar-refractivity contribution in [1.82, 2.24) is 10.2 Å². The molecule has 0 amide bonds. The summed E-state index contributed by atoms with van der Waals surface area (Å²) < 4.78 is 18.6. The molecule has 2 rings (SSSR count). The van der Waals surface area contributed by atoms with Gasteiger partial charge in [0.15, 0.2) is 0 Å². The summed E-state index contributed by atoms with van der Waals surface area (Å²) >= 11 is 5.82. The van der Waals surface area contributed by atoms with E-state index >= 15 is 0 Å². The van der Waals surface area contributed by atoms with E-state index in [4.69, 9.17) is 21.8 Å². The molecule has 1 heterocycles. The molecule has 0 saturated carbocycles. The maximum atomic E-state index is 13.2. The molecule has 1 aromatic carbocycles. The van der Waals surface area contributed by atoms with Gasteiger partial charge in [0.2, 0.25) is 11.8 Å². The molecular weight excluding hydrogens is 245 g/mol. The zero-order valence-electron chi connectivity index (χ0n) is 9.15. The molecule has 17 heavy (non-hydrogen) atoms. The first-order chi connectivity index (χ1) is 8.13. The molecule has 0 aliphatic rings. The summed E-state index contributed by atoms with van der Waals surface area (Å²) in [6.45, 7) is 1.91. The predicted molar refractivity (Wildman–Crippen MR) is 61.9 cm³/mol. The Morgan fingerprint density at radius 2 is 2.24 bits per heavy atom. The number of halogens is 2. The Bertz CT molecular complexity index is 529. The molecule has 1 unspecified atom stereocenters. The van der Waals surface area contributed by atoms with Gasteiger partial charge in [-0.05, 0) is 18.6 Å². The number of hydrogen-bond donors (Lipinski definition) is 1. The van der Waals surface area contributed by atoms with Crippen LogP contribution in [0.1, 0.15) is 25.3 Å². The van der Waals surface area contributed by atoms with Gasteiger partial charge in [0.1, 0.15) is 5.82 Å². The van der Waals surface area contributed by atoms with Gasteiger partial charge in [-0.25, -0.2) is 4.39 Å². The molecule has 1 aromatic heterocycles. The number of aromatic nitrogens is 2. The van der Waals surface area contributed by atoms with E-state index in [2.05, 4.69) is 10.2 Å². The highest BCUT2D eigenvalue weighted by atomic mass is 35.5. The summed E-state index contributed by atoms with van der Waals surface area (Å²) in [5.41, 5.74) is 6.12. The van der Waals surface area contributed by atoms with Crippen molar-refractivity contribution in [3.05, 3.63) is 34.9 Å². The number of rotatable bonds is 3. The standard InChI is InChI=1S/C11H11ClFN3O/c1-2-8(14)11-16-15-10(17-11)6-4-3-5-7(13)9(6)12/h3-5,8H,2,14H2,1H3. The summed E-state index contributed by atoms with van der Waals surface area (Å²) in [6.07, 6.45) is 0.679. The topological polar surface area (TPSA) is 64.9 Å². The van der Waals surface area contributed by atoms with E-state index in [-0.39, 0.29) is 17.0 Å². The fourth-order valence-corrected chi connectivity index (χ4v) is 1.54. The van der Waals surface area contributed by atoms with E-state index in [9.17, 15) is 4.39 Å². The second kappa shape index (κ2) is 4.81. The van der Waals surface area contributed by atoms with Crippen LogP contribution in [0, 0.1) is 5.82 Å². The van der Waals surface area contributed by atoms with E-state index in [0.717, 1.165) is 0 Å². The number of nitrogens with two attached hydrogens (primary N) is 1. The van der Waals surface area contributed by atoms with Gasteiger partial charge in [0.25, 0.3) is 0 Å². The van der Waals surface area contributed by atoms with Crippen LogP contribution in [0.25, 0.3) is 11.5 Å². The van der Waals surface area contributed by atoms with Crippen molar-refractivity contribution in [2.75, 3.05) is 0 Å². The van der Waals surface area contributed by atoms with E-state index in [1.54, 1.807) is 6.07 Å². The summed E-state index contributed by atoms with van der Waals surface area (Å²) in [5, 5.41) is 7.59. The third-order valence-corrected chi connectivity index (χ3v) is 2.76. The fourth-order valence-electron chi connectivity index (χ4n) is 1.34. The van der Waals surface area contributed by atoms with Crippen LogP contribution in [-0.2, 0) is 0 Å². The van der Waals surface area contributed by atoms with Crippen LogP contribution in [0.5, 0.6) is 0 Å². The Kier molecular flexibility index (Phi) is 3.40. The Labute approximate surface area is 103 Å². The molecule has 0 aliphatic heterocycles. The van der Waals surface area contributed by atoms with Crippen LogP contribution in [0.4, 0.5) is 4.39 Å². The van der Waals surface area contributed by atoms with Crippen molar-refractivity contribution in [1.29, 1.82) is 0 Å². The highest BCUT2D eigenvalue weighted by Gasteiger charge is 2.17. The van der Waals surface area contributed by atoms with E-state index in [1.165, 1.54) is 12.1 Å². The molecule has 4 nitrogen and oxygen atoms in total. The molecule has 0 aliphatic carbocycles. The molecule has 0 saturated heterocycles. The van der Waals surface area contributed by atoms with Crippen LogP contribution >= 0.6 is 11.6 Å². The minimum atomic E-state index is -0.524. The average molecular weight is 256 g/mol. The first kappa shape index (κ1) is 12.0. The highest BCUT2D eigenvalue weighted by molar-refractivity contribution is 6.33. The summed E-state index contributed by atoms with van der Waals surface area (Å²) in [5.74, 6) is -0.0278. The minimum Gasteiger partial charge on any atom is -0.419 e. The normalized spacial score (nSPS) is 12.7. The van der Waals surface area contributed by atoms with Gasteiger partial charge in [-0.1, -0.05) is 24.6 Å². The van der Waals surface area contributed by atoms with Gasteiger partial charge in [-0.3, -0.25) is 0 Å². The lowest BCUT2D eigenvalue weighted by Gasteiger charge is -2.01. The number of nitrogens with zero attached hydrogens (tertiary/aromatic N) is 2. The molecule has 2 aromatic rings. The molecule has 0 fully saturated rings. The van der Waals surface area contributed by atoms with Crippen molar-refractivity contribution >= 4 is 11.6 Å². The van der Waals surface area contributed by atoms with Gasteiger partial charge >= 0.3 is 0 Å². The quantitative estimate of drug-likeness (QED) is 0.916. The van der Waals surface area contributed by atoms with E-state index < -0.39 is 5.82 Å². The van der Waals surface area contributed by atoms with Crippen molar-refractivity contribution in [3.63, 3.8) is 0 Å². The zero-order valence-corrected chi connectivity index (χ0v) is 9.91. The Morgan fingerprint density at radius 1 is 1.47 bits per heavy atom. The Hall–Kier alpha value is -1.46. The third-order valence-electron chi connectivity index (χ3n) is 2.38. The Morgan fingerprint density at radius 3 is 2.94 bits per heavy atom. The first-order valence-corrected chi connectivity index (χ1v) is 5.54. The molecule has 90 valence electrons. The summed E-state index contributed by atoms with van der Waals surface area (Å²) in [4.78, 5) is 0. The lowest BCUT2D eigenvalue weighted by molar-refractivity contribution is 0.452. The number of benzene rings is 1. The molecule has 6 heteroatoms. The second-order valence-corrected chi connectivity index (χ2v) is 3.94. The Balaban J connectivity index is 2.40. The van der Waals surface area contributed by atoms with Crippen LogP contribution in [0.15, 0.2) is 22.6 Å². The van der Waals surface area contributed by atoms with Crippen LogP contribution < -0.4 is 5.73 Å². The zero-order chi connectivity index (χ0) is 12.4. The SMILES string of the molecule is CCC(N)c1nnc(-c2cccc(F)c2Cl)o1. The second-order valence-electron chi connectivity index (χ2n) is 3.56. The third kappa shape index (κ3) is 2.30. The largest absolute Gasteiger partial charge is 0.419 e. The molecule has 0 bridgehead atoms. The van der Waals surface area contributed by atoms with Gasteiger partial charge in [0.05, 0.1) is 16.6 Å². The average Bonchev–Trinajstić information content (AvgIpc) is 2.81. The molecule has 2 N–H and O–H groups in total. The van der Waals surface area contributed by atoms with E-state index in [0.29, 0.717) is 17.9 Å². The van der Waals surface area contributed by atoms with Gasteiger partial charge in [-0.15, -0.1) is 10.2 Å². The monoisotopic (exact) mass is 255 g/mol. The lowest BCUT2D eigenvalue weighted by Crippen LogP contribution is -2.08. The van der Waals surface area contributed by atoms with Gasteiger partial charge < -0.3 is 10.2 Å². The van der Waals surface area contributed by atoms with Gasteiger partial charge in [-0.2, -0.15) is 0 Å². The summed E-state index contributed by atoms with van der Waals surface area (Å²) in [6, 6.07) is 4.09. The maximum Gasteiger partial charge on any atom is 0.249 e. The minimum absolute atomic E-state index is 0.0345. The first-order valence-electron chi connectivity index (χ1n) is 5.16. The van der Waals surface area contributed by atoms with E-state index in [1.807, 2.05) is 6.92 Å². The smallest absolute Gasteiger partial charge is 0.249 e. The van der Waals surface area contributed by atoms with Crippen molar-refractivity contribution in [2.45, 2.75) is 19.4 Å². The van der Waals surface area contributed by atoms with Crippen molar-refractivity contribution in [3.8, 4) is 11.5 Å². The molecular formula is C11H11ClFN3O.